The Morgan fingerprint density at radius 3 is 2.29 bits per heavy atom. The van der Waals surface area contributed by atoms with E-state index >= 15 is 0 Å². The summed E-state index contributed by atoms with van der Waals surface area (Å²) in [6, 6.07) is 27.8. The number of carboxylic acid groups (broad SMARTS) is 2. The third-order valence-corrected chi connectivity index (χ3v) is 9.37. The van der Waals surface area contributed by atoms with Gasteiger partial charge in [0, 0.05) is 36.7 Å². The monoisotopic (exact) mass is 677 g/mol. The number of aliphatic carboxylic acids is 1. The number of hydrogen-bond acceptors (Lipinski definition) is 6. The minimum Gasteiger partial charge on any atom is -0.481 e. The highest BCUT2D eigenvalue weighted by atomic mass is 32.2. The Hall–Kier alpha value is -5.22. The highest BCUT2D eigenvalue weighted by molar-refractivity contribution is 8.13. The number of hydrogen-bond donors (Lipinski definition) is 3. The molecule has 1 atom stereocenters. The Balaban J connectivity index is 1.41. The first-order valence-corrected chi connectivity index (χ1v) is 17.2. The van der Waals surface area contributed by atoms with Crippen LogP contribution in [0.15, 0.2) is 91.0 Å². The first kappa shape index (κ1) is 35.1. The lowest BCUT2D eigenvalue weighted by atomic mass is 9.98. The maximum Gasteiger partial charge on any atom is 0.336 e. The lowest BCUT2D eigenvalue weighted by molar-refractivity contribution is -0.137. The van der Waals surface area contributed by atoms with Gasteiger partial charge in [0.2, 0.25) is 0 Å². The molecule has 0 aliphatic carbocycles. The molecule has 0 unspecified atom stereocenters. The molecule has 0 saturated heterocycles. The average Bonchev–Trinajstić information content (AvgIpc) is 3.44. The summed E-state index contributed by atoms with van der Waals surface area (Å²) in [5, 5.41) is 21.5. The lowest BCUT2D eigenvalue weighted by Crippen LogP contribution is -2.38. The Labute approximate surface area is 289 Å². The van der Waals surface area contributed by atoms with Crippen molar-refractivity contribution in [2.75, 3.05) is 5.75 Å². The highest BCUT2D eigenvalue weighted by Gasteiger charge is 2.21. The molecule has 1 aromatic heterocycles. The third-order valence-electron chi connectivity index (χ3n) is 8.27. The number of amides is 1. The molecule has 0 radical (unpaired) electrons. The van der Waals surface area contributed by atoms with E-state index in [1.165, 1.54) is 0 Å². The SMILES string of the molecule is CCCc1nc2c(C)cc(C(=O)N[C@@H](CSC(=O)CCC(=O)O)Cc3ccccc3)cc2n1Cc1ccc(-c2ccccc2C(=O)O)cc1. The van der Waals surface area contributed by atoms with Gasteiger partial charge in [-0.2, -0.15) is 0 Å². The fraction of sp³-hybridized carbons (Fsp3) is 0.256. The second-order valence-electron chi connectivity index (χ2n) is 12.0. The van der Waals surface area contributed by atoms with Crippen LogP contribution in [0.1, 0.15) is 69.4 Å². The molecule has 3 N–H and O–H groups in total. The van der Waals surface area contributed by atoms with Crippen LogP contribution in [0.2, 0.25) is 0 Å². The second kappa shape index (κ2) is 16.3. The number of aromatic nitrogens is 2. The lowest BCUT2D eigenvalue weighted by Gasteiger charge is -2.19. The van der Waals surface area contributed by atoms with Gasteiger partial charge in [0.25, 0.3) is 5.91 Å². The predicted molar refractivity (Wildman–Crippen MR) is 192 cm³/mol. The van der Waals surface area contributed by atoms with Gasteiger partial charge < -0.3 is 20.1 Å². The van der Waals surface area contributed by atoms with Gasteiger partial charge >= 0.3 is 11.9 Å². The molecule has 0 aliphatic heterocycles. The largest absolute Gasteiger partial charge is 0.481 e. The van der Waals surface area contributed by atoms with Gasteiger partial charge in [-0.25, -0.2) is 9.78 Å². The molecule has 0 saturated carbocycles. The van der Waals surface area contributed by atoms with Crippen molar-refractivity contribution in [1.29, 1.82) is 0 Å². The van der Waals surface area contributed by atoms with Crippen molar-refractivity contribution < 1.29 is 29.4 Å². The number of rotatable bonds is 15. The van der Waals surface area contributed by atoms with Gasteiger partial charge in [0.05, 0.1) is 23.0 Å². The summed E-state index contributed by atoms with van der Waals surface area (Å²) in [7, 11) is 0. The minimum absolute atomic E-state index is 0.0652. The molecule has 1 heterocycles. The molecule has 0 spiro atoms. The predicted octanol–water partition coefficient (Wildman–Crippen LogP) is 7.18. The Kier molecular flexibility index (Phi) is 11.6. The second-order valence-corrected chi connectivity index (χ2v) is 13.1. The number of aromatic carboxylic acids is 1. The quantitative estimate of drug-likeness (QED) is 0.106. The van der Waals surface area contributed by atoms with Crippen molar-refractivity contribution in [1.82, 2.24) is 14.9 Å². The normalized spacial score (nSPS) is 11.7. The van der Waals surface area contributed by atoms with Crippen LogP contribution in [-0.2, 0) is 29.0 Å². The summed E-state index contributed by atoms with van der Waals surface area (Å²) in [5.74, 6) is -1.04. The number of aryl methyl sites for hydroxylation is 2. The molecular weight excluding hydrogens is 639 g/mol. The van der Waals surface area contributed by atoms with Gasteiger partial charge in [0.1, 0.15) is 5.82 Å². The van der Waals surface area contributed by atoms with E-state index in [4.69, 9.17) is 10.1 Å². The molecule has 252 valence electrons. The summed E-state index contributed by atoms with van der Waals surface area (Å²) in [6.45, 7) is 4.56. The van der Waals surface area contributed by atoms with Crippen molar-refractivity contribution in [3.05, 3.63) is 125 Å². The zero-order valence-electron chi connectivity index (χ0n) is 27.5. The number of carbonyl (C=O) groups excluding carboxylic acids is 2. The molecule has 5 aromatic rings. The number of thioether (sulfide) groups is 1. The standard InChI is InChI=1S/C39H39N3O6S/c1-3-9-34-41-37-25(2)20-29(38(46)40-30(21-26-10-5-4-6-11-26)24-49-36(45)19-18-35(43)44)22-33(37)42(34)23-27-14-16-28(17-15-27)31-12-7-8-13-32(31)39(47)48/h4-8,10-17,20,22,30H,3,9,18-19,21,23-24H2,1-2H3,(H,40,46)(H,43,44)(H,47,48)/t30-/m1/s1. The van der Waals surface area contributed by atoms with E-state index in [2.05, 4.69) is 16.8 Å². The summed E-state index contributed by atoms with van der Waals surface area (Å²) in [6.07, 6.45) is 1.87. The molecular formula is C39H39N3O6S. The van der Waals surface area contributed by atoms with Gasteiger partial charge in [-0.05, 0) is 65.8 Å². The van der Waals surface area contributed by atoms with Crippen LogP contribution in [0.25, 0.3) is 22.2 Å². The van der Waals surface area contributed by atoms with E-state index in [0.29, 0.717) is 29.8 Å². The van der Waals surface area contributed by atoms with E-state index in [1.54, 1.807) is 18.2 Å². The molecule has 49 heavy (non-hydrogen) atoms. The molecule has 10 heteroatoms. The van der Waals surface area contributed by atoms with Gasteiger partial charge in [-0.1, -0.05) is 91.5 Å². The van der Waals surface area contributed by atoms with Crippen LogP contribution >= 0.6 is 11.8 Å². The number of nitrogens with one attached hydrogen (secondary N) is 1. The average molecular weight is 678 g/mol. The van der Waals surface area contributed by atoms with Crippen molar-refractivity contribution in [2.45, 2.75) is 58.5 Å². The fourth-order valence-corrected chi connectivity index (χ4v) is 6.68. The summed E-state index contributed by atoms with van der Waals surface area (Å²) >= 11 is 1.04. The Morgan fingerprint density at radius 2 is 1.59 bits per heavy atom. The minimum atomic E-state index is -1.02. The van der Waals surface area contributed by atoms with Crippen LogP contribution in [-0.4, -0.2) is 54.5 Å². The first-order chi connectivity index (χ1) is 23.6. The van der Waals surface area contributed by atoms with Crippen LogP contribution in [0.4, 0.5) is 0 Å². The van der Waals surface area contributed by atoms with E-state index in [9.17, 15) is 24.3 Å². The molecule has 1 amide bonds. The topological polar surface area (TPSA) is 139 Å². The van der Waals surface area contributed by atoms with Gasteiger partial charge in [-0.15, -0.1) is 0 Å². The molecule has 0 fully saturated rings. The van der Waals surface area contributed by atoms with Gasteiger partial charge in [0.15, 0.2) is 5.12 Å². The number of nitrogens with zero attached hydrogens (tertiary/aromatic N) is 2. The van der Waals surface area contributed by atoms with Gasteiger partial charge in [-0.3, -0.25) is 14.4 Å². The zero-order chi connectivity index (χ0) is 34.9. The third kappa shape index (κ3) is 9.03. The number of fused-ring (bicyclic) bond motifs is 1. The van der Waals surface area contributed by atoms with Crippen LogP contribution < -0.4 is 5.32 Å². The Bertz CT molecular complexity index is 1970. The van der Waals surface area contributed by atoms with E-state index in [-0.39, 0.29) is 35.5 Å². The maximum absolute atomic E-state index is 13.8. The number of benzene rings is 4. The molecule has 0 aliphatic rings. The summed E-state index contributed by atoms with van der Waals surface area (Å²) in [4.78, 5) is 53.9. The number of carboxylic acids is 2. The zero-order valence-corrected chi connectivity index (χ0v) is 28.3. The summed E-state index contributed by atoms with van der Waals surface area (Å²) < 4.78 is 2.14. The van der Waals surface area contributed by atoms with Crippen molar-refractivity contribution >= 4 is 45.8 Å². The van der Waals surface area contributed by atoms with Crippen molar-refractivity contribution in [2.24, 2.45) is 0 Å². The molecule has 5 rings (SSSR count). The number of imidazole rings is 1. The van der Waals surface area contributed by atoms with Crippen molar-refractivity contribution in [3.8, 4) is 11.1 Å². The van der Waals surface area contributed by atoms with Crippen LogP contribution in [0.3, 0.4) is 0 Å². The maximum atomic E-state index is 13.8. The molecule has 0 bridgehead atoms. The van der Waals surface area contributed by atoms with E-state index < -0.39 is 11.9 Å². The van der Waals surface area contributed by atoms with Crippen LogP contribution in [0, 0.1) is 6.92 Å². The highest BCUT2D eigenvalue weighted by Crippen LogP contribution is 2.27. The number of carbonyl (C=O) groups is 4. The van der Waals surface area contributed by atoms with E-state index in [0.717, 1.165) is 63.7 Å². The Morgan fingerprint density at radius 1 is 0.878 bits per heavy atom. The van der Waals surface area contributed by atoms with E-state index in [1.807, 2.05) is 79.7 Å². The van der Waals surface area contributed by atoms with Crippen LogP contribution in [0.5, 0.6) is 0 Å². The smallest absolute Gasteiger partial charge is 0.336 e. The summed E-state index contributed by atoms with van der Waals surface area (Å²) in [5.41, 5.74) is 6.75. The first-order valence-electron chi connectivity index (χ1n) is 16.3. The fourth-order valence-electron chi connectivity index (χ4n) is 5.85. The molecule has 9 nitrogen and oxygen atoms in total. The molecule has 4 aromatic carbocycles. The van der Waals surface area contributed by atoms with Crippen molar-refractivity contribution in [3.63, 3.8) is 0 Å².